The van der Waals surface area contributed by atoms with Gasteiger partial charge in [-0.05, 0) is 44.4 Å². The van der Waals surface area contributed by atoms with Crippen molar-refractivity contribution in [2.24, 2.45) is 0 Å². The van der Waals surface area contributed by atoms with Crippen molar-refractivity contribution in [2.75, 3.05) is 25.5 Å². The number of aryl methyl sites for hydroxylation is 2. The van der Waals surface area contributed by atoms with Gasteiger partial charge in [0, 0.05) is 30.3 Å². The van der Waals surface area contributed by atoms with E-state index in [1.807, 2.05) is 25.1 Å². The molecule has 1 heterocycles. The molecule has 1 atom stereocenters. The normalized spacial score (nSPS) is 11.3. The van der Waals surface area contributed by atoms with Gasteiger partial charge in [0.2, 0.25) is 11.8 Å². The lowest BCUT2D eigenvalue weighted by Crippen LogP contribution is -2.39. The number of amides is 2. The molecular formula is C24H31N5O6. The molecular weight excluding hydrogens is 454 g/mol. The third kappa shape index (κ3) is 9.40. The first kappa shape index (κ1) is 27.2. The van der Waals surface area contributed by atoms with E-state index in [1.165, 1.54) is 13.2 Å². The monoisotopic (exact) mass is 485 g/mol. The number of hydrogen-bond acceptors (Lipinski definition) is 8. The lowest BCUT2D eigenvalue weighted by Gasteiger charge is -2.19. The number of nitrogens with zero attached hydrogens (tertiary/aromatic N) is 2. The van der Waals surface area contributed by atoms with Crippen molar-refractivity contribution < 1.29 is 24.0 Å². The Hall–Kier alpha value is -4.02. The molecule has 11 heteroatoms. The van der Waals surface area contributed by atoms with Crippen molar-refractivity contribution >= 4 is 29.3 Å². The van der Waals surface area contributed by atoms with Crippen molar-refractivity contribution in [3.63, 3.8) is 0 Å². The van der Waals surface area contributed by atoms with Crippen LogP contribution in [0.3, 0.4) is 0 Å². The number of nitrogens with one attached hydrogen (secondary N) is 3. The molecule has 0 radical (unpaired) electrons. The summed E-state index contributed by atoms with van der Waals surface area (Å²) >= 11 is 0. The summed E-state index contributed by atoms with van der Waals surface area (Å²) in [5, 5.41) is 19.7. The van der Waals surface area contributed by atoms with Crippen LogP contribution in [0, 0.1) is 24.0 Å². The maximum absolute atomic E-state index is 12.4. The second-order valence-electron chi connectivity index (χ2n) is 8.03. The molecule has 0 aliphatic rings. The van der Waals surface area contributed by atoms with E-state index < -0.39 is 22.8 Å². The highest BCUT2D eigenvalue weighted by molar-refractivity contribution is 5.85. The molecule has 0 aliphatic heterocycles. The fourth-order valence-corrected chi connectivity index (χ4v) is 3.32. The number of nitro groups is 1. The summed E-state index contributed by atoms with van der Waals surface area (Å²) in [5.74, 6) is -0.601. The van der Waals surface area contributed by atoms with Gasteiger partial charge in [0.15, 0.2) is 0 Å². The highest BCUT2D eigenvalue weighted by Gasteiger charge is 2.22. The average molecular weight is 486 g/mol. The smallest absolute Gasteiger partial charge is 0.307 e. The minimum absolute atomic E-state index is 0.118. The number of carbonyl (C=O) groups is 3. The quantitative estimate of drug-likeness (QED) is 0.169. The van der Waals surface area contributed by atoms with Crippen LogP contribution >= 0.6 is 0 Å². The number of aromatic nitrogens is 1. The zero-order valence-corrected chi connectivity index (χ0v) is 20.1. The summed E-state index contributed by atoms with van der Waals surface area (Å²) in [6.07, 6.45) is 1.43. The van der Waals surface area contributed by atoms with E-state index in [9.17, 15) is 24.5 Å². The molecule has 0 fully saturated rings. The first-order chi connectivity index (χ1) is 16.7. The Morgan fingerprint density at radius 3 is 2.57 bits per heavy atom. The molecule has 2 amide bonds. The van der Waals surface area contributed by atoms with Gasteiger partial charge in [0.1, 0.15) is 5.82 Å². The Morgan fingerprint density at radius 2 is 1.89 bits per heavy atom. The maximum Gasteiger partial charge on any atom is 0.307 e. The minimum atomic E-state index is -0.840. The lowest BCUT2D eigenvalue weighted by atomic mass is 10.0. The molecule has 0 spiro atoms. The molecule has 0 aliphatic carbocycles. The van der Waals surface area contributed by atoms with Crippen molar-refractivity contribution in [3.8, 4) is 0 Å². The van der Waals surface area contributed by atoms with Crippen LogP contribution in [-0.2, 0) is 19.1 Å². The molecule has 2 aromatic rings. The Labute approximate surface area is 203 Å². The number of unbranched alkanes of at least 4 members (excludes halogenated alkanes) is 1. The largest absolute Gasteiger partial charge is 0.469 e. The number of benzene rings is 1. The van der Waals surface area contributed by atoms with Crippen LogP contribution in [0.5, 0.6) is 0 Å². The highest BCUT2D eigenvalue weighted by Crippen LogP contribution is 2.25. The molecule has 11 nitrogen and oxygen atoms in total. The molecule has 3 N–H and O–H groups in total. The fourth-order valence-electron chi connectivity index (χ4n) is 3.32. The van der Waals surface area contributed by atoms with Crippen LogP contribution in [0.15, 0.2) is 36.4 Å². The van der Waals surface area contributed by atoms with E-state index >= 15 is 0 Å². The summed E-state index contributed by atoms with van der Waals surface area (Å²) in [6, 6.07) is 9.34. The van der Waals surface area contributed by atoms with Crippen LogP contribution < -0.4 is 16.0 Å². The molecule has 1 unspecified atom stereocenters. The van der Waals surface area contributed by atoms with E-state index in [0.717, 1.165) is 17.9 Å². The molecule has 0 saturated heterocycles. The second-order valence-corrected chi connectivity index (χ2v) is 8.03. The maximum atomic E-state index is 12.4. The molecule has 1 aromatic carbocycles. The van der Waals surface area contributed by atoms with Gasteiger partial charge in [-0.1, -0.05) is 18.2 Å². The first-order valence-corrected chi connectivity index (χ1v) is 11.2. The van der Waals surface area contributed by atoms with Crippen molar-refractivity contribution in [3.05, 3.63) is 63.3 Å². The van der Waals surface area contributed by atoms with Gasteiger partial charge in [-0.15, -0.1) is 0 Å². The average Bonchev–Trinajstić information content (AvgIpc) is 2.82. The standard InChI is InChI=1S/C24H31N5O6/c1-16-10-11-18(13-20(16)29(33)34)19(14-24(32)35-3)28-23(31)15-26-22(30)9-4-5-12-25-21-8-6-7-17(2)27-21/h6-8,10-11,13,19H,4-5,9,12,14-15H2,1-3H3,(H,25,27)(H,26,30)(H,28,31). The minimum Gasteiger partial charge on any atom is -0.469 e. The van der Waals surface area contributed by atoms with E-state index in [0.29, 0.717) is 24.1 Å². The molecule has 188 valence electrons. The molecule has 2 rings (SSSR count). The van der Waals surface area contributed by atoms with Crippen LogP contribution in [0.25, 0.3) is 0 Å². The van der Waals surface area contributed by atoms with Gasteiger partial charge in [0.05, 0.1) is 31.0 Å². The fraction of sp³-hybridized carbons (Fsp3) is 0.417. The SMILES string of the molecule is COC(=O)CC(NC(=O)CNC(=O)CCCCNc1cccc(C)n1)c1ccc(C)c([N+](=O)[O-])c1. The number of methoxy groups -OCH3 is 1. The number of rotatable bonds is 13. The number of esters is 1. The summed E-state index contributed by atoms with van der Waals surface area (Å²) < 4.78 is 4.68. The van der Waals surface area contributed by atoms with Gasteiger partial charge >= 0.3 is 5.97 Å². The zero-order chi connectivity index (χ0) is 25.8. The Bertz CT molecular complexity index is 1060. The van der Waals surface area contributed by atoms with Crippen LogP contribution in [0.4, 0.5) is 11.5 Å². The first-order valence-electron chi connectivity index (χ1n) is 11.2. The van der Waals surface area contributed by atoms with E-state index in [2.05, 4.69) is 25.7 Å². The number of carbonyl (C=O) groups excluding carboxylic acids is 3. The van der Waals surface area contributed by atoms with Gasteiger partial charge in [0.25, 0.3) is 5.69 Å². The third-order valence-electron chi connectivity index (χ3n) is 5.24. The van der Waals surface area contributed by atoms with Crippen LogP contribution in [0.2, 0.25) is 0 Å². The topological polar surface area (TPSA) is 153 Å². The van der Waals surface area contributed by atoms with Gasteiger partial charge in [-0.3, -0.25) is 24.5 Å². The predicted octanol–water partition coefficient (Wildman–Crippen LogP) is 2.73. The van der Waals surface area contributed by atoms with Gasteiger partial charge < -0.3 is 20.7 Å². The van der Waals surface area contributed by atoms with E-state index in [1.54, 1.807) is 19.1 Å². The third-order valence-corrected chi connectivity index (χ3v) is 5.24. The summed E-state index contributed by atoms with van der Waals surface area (Å²) in [4.78, 5) is 51.4. The molecule has 0 saturated carbocycles. The Morgan fingerprint density at radius 1 is 1.11 bits per heavy atom. The number of anilines is 1. The predicted molar refractivity (Wildman–Crippen MR) is 130 cm³/mol. The number of hydrogen-bond donors (Lipinski definition) is 3. The zero-order valence-electron chi connectivity index (χ0n) is 20.1. The van der Waals surface area contributed by atoms with Crippen molar-refractivity contribution in [2.45, 2.75) is 45.6 Å². The summed E-state index contributed by atoms with van der Waals surface area (Å²) in [7, 11) is 1.21. The molecule has 0 bridgehead atoms. The second kappa shape index (κ2) is 13.6. The van der Waals surface area contributed by atoms with Gasteiger partial charge in [-0.25, -0.2) is 4.98 Å². The Kier molecular flexibility index (Phi) is 10.6. The number of nitro benzene ring substituents is 1. The Balaban J connectivity index is 1.81. The van der Waals surface area contributed by atoms with Crippen LogP contribution in [-0.4, -0.2) is 47.9 Å². The molecule has 35 heavy (non-hydrogen) atoms. The number of ether oxygens (including phenoxy) is 1. The van der Waals surface area contributed by atoms with E-state index in [-0.39, 0.29) is 31.0 Å². The summed E-state index contributed by atoms with van der Waals surface area (Å²) in [5.41, 5.74) is 1.65. The van der Waals surface area contributed by atoms with Crippen molar-refractivity contribution in [1.82, 2.24) is 15.6 Å². The molecule has 1 aromatic heterocycles. The van der Waals surface area contributed by atoms with Gasteiger partial charge in [-0.2, -0.15) is 0 Å². The number of pyridine rings is 1. The lowest BCUT2D eigenvalue weighted by molar-refractivity contribution is -0.385. The summed E-state index contributed by atoms with van der Waals surface area (Å²) in [6.45, 7) is 3.90. The highest BCUT2D eigenvalue weighted by atomic mass is 16.6. The van der Waals surface area contributed by atoms with E-state index in [4.69, 9.17) is 0 Å². The van der Waals surface area contributed by atoms with Crippen molar-refractivity contribution in [1.29, 1.82) is 0 Å². The van der Waals surface area contributed by atoms with Crippen LogP contribution in [0.1, 0.15) is 48.5 Å².